The second-order valence-corrected chi connectivity index (χ2v) is 4.43. The molecule has 1 aromatic rings. The topological polar surface area (TPSA) is 69.2 Å². The molecule has 0 aliphatic rings. The van der Waals surface area contributed by atoms with E-state index in [1.54, 1.807) is 0 Å². The highest BCUT2D eigenvalue weighted by molar-refractivity contribution is 6.32. The van der Waals surface area contributed by atoms with E-state index in [4.69, 9.17) is 17.3 Å². The predicted molar refractivity (Wildman–Crippen MR) is 60.4 cm³/mol. The first-order valence-corrected chi connectivity index (χ1v) is 5.11. The van der Waals surface area contributed by atoms with E-state index >= 15 is 0 Å². The Morgan fingerprint density at radius 2 is 2.18 bits per heavy atom. The van der Waals surface area contributed by atoms with Crippen molar-refractivity contribution in [3.05, 3.63) is 38.9 Å². The van der Waals surface area contributed by atoms with Crippen molar-refractivity contribution in [2.75, 3.05) is 0 Å². The van der Waals surface area contributed by atoms with Gasteiger partial charge in [0.15, 0.2) is 0 Å². The molecule has 0 aliphatic carbocycles. The maximum Gasteiger partial charge on any atom is 0.288 e. The largest absolute Gasteiger partial charge is 0.320 e. The highest BCUT2D eigenvalue weighted by atomic mass is 35.5. The summed E-state index contributed by atoms with van der Waals surface area (Å²) in [5, 5.41) is 10.6. The average Bonchev–Trinajstić information content (AvgIpc) is 2.20. The molecule has 0 aromatic heterocycles. The lowest BCUT2D eigenvalue weighted by atomic mass is 9.94. The molecule has 0 radical (unpaired) electrons. The van der Waals surface area contributed by atoms with Crippen molar-refractivity contribution in [2.45, 2.75) is 25.3 Å². The van der Waals surface area contributed by atoms with Gasteiger partial charge in [-0.15, -0.1) is 0 Å². The molecule has 17 heavy (non-hydrogen) atoms. The van der Waals surface area contributed by atoms with Crippen LogP contribution in [-0.4, -0.2) is 16.9 Å². The number of nitro groups is 1. The fourth-order valence-corrected chi connectivity index (χ4v) is 1.51. The summed E-state index contributed by atoms with van der Waals surface area (Å²) in [5.41, 5.74) is 3.72. The molecule has 1 aromatic carbocycles. The molecule has 7 heteroatoms. The first-order valence-electron chi connectivity index (χ1n) is 4.74. The quantitative estimate of drug-likeness (QED) is 0.671. The normalized spacial score (nSPS) is 14.7. The summed E-state index contributed by atoms with van der Waals surface area (Å²) in [7, 11) is 0. The Morgan fingerprint density at radius 1 is 1.59 bits per heavy atom. The van der Waals surface area contributed by atoms with E-state index < -0.39 is 16.9 Å². The van der Waals surface area contributed by atoms with Crippen LogP contribution in [0.2, 0.25) is 5.02 Å². The third kappa shape index (κ3) is 3.34. The van der Waals surface area contributed by atoms with Crippen molar-refractivity contribution in [1.82, 2.24) is 0 Å². The lowest BCUT2D eigenvalue weighted by molar-refractivity contribution is -0.384. The number of hydrogen-bond acceptors (Lipinski definition) is 3. The monoisotopic (exact) mass is 264 g/mol. The summed E-state index contributed by atoms with van der Waals surface area (Å²) in [4.78, 5) is 9.95. The minimum atomic E-state index is -2.71. The third-order valence-electron chi connectivity index (χ3n) is 2.29. The number of nitrogens with zero attached hydrogens (tertiary/aromatic N) is 1. The molecule has 0 saturated carbocycles. The lowest BCUT2D eigenvalue weighted by Crippen LogP contribution is -2.45. The smallest absolute Gasteiger partial charge is 0.288 e. The van der Waals surface area contributed by atoms with E-state index in [1.807, 2.05) is 0 Å². The van der Waals surface area contributed by atoms with Gasteiger partial charge in [0.1, 0.15) is 5.02 Å². The van der Waals surface area contributed by atoms with Crippen LogP contribution < -0.4 is 5.73 Å². The molecule has 0 heterocycles. The molecule has 1 rings (SSSR count). The Morgan fingerprint density at radius 3 is 2.65 bits per heavy atom. The van der Waals surface area contributed by atoms with Gasteiger partial charge in [-0.1, -0.05) is 17.7 Å². The van der Waals surface area contributed by atoms with Gasteiger partial charge in [-0.2, -0.15) is 0 Å². The van der Waals surface area contributed by atoms with Crippen molar-refractivity contribution >= 4 is 17.3 Å². The molecule has 0 fully saturated rings. The molecule has 1 atom stereocenters. The number of nitro benzene ring substituents is 1. The fourth-order valence-electron chi connectivity index (χ4n) is 1.33. The molecule has 2 N–H and O–H groups in total. The molecule has 0 bridgehead atoms. The number of benzene rings is 1. The Hall–Kier alpha value is -1.27. The lowest BCUT2D eigenvalue weighted by Gasteiger charge is -2.23. The second-order valence-electron chi connectivity index (χ2n) is 4.03. The number of alkyl halides is 2. The van der Waals surface area contributed by atoms with E-state index in [0.717, 1.165) is 6.07 Å². The van der Waals surface area contributed by atoms with E-state index in [0.29, 0.717) is 5.56 Å². The Balaban J connectivity index is 3.01. The van der Waals surface area contributed by atoms with Gasteiger partial charge in [0.2, 0.25) is 0 Å². The summed E-state index contributed by atoms with van der Waals surface area (Å²) in [6.07, 6.45) is -2.87. The highest BCUT2D eigenvalue weighted by Gasteiger charge is 2.31. The standard InChI is InChI=1S/C10H11ClF2N2O2/c1-10(14,9(12)13)5-6-2-3-7(11)8(4-6)15(16)17/h2-4,9H,5,14H2,1H3. The Bertz CT molecular complexity index is 438. The summed E-state index contributed by atoms with van der Waals surface area (Å²) in [6, 6.07) is 3.91. The van der Waals surface area contributed by atoms with E-state index in [1.165, 1.54) is 19.1 Å². The number of halogens is 3. The fraction of sp³-hybridized carbons (Fsp3) is 0.400. The maximum atomic E-state index is 12.6. The molecule has 0 spiro atoms. The van der Waals surface area contributed by atoms with Gasteiger partial charge in [0.05, 0.1) is 10.5 Å². The SMILES string of the molecule is CC(N)(Cc1ccc(Cl)c([N+](=O)[O-])c1)C(F)F. The van der Waals surface area contributed by atoms with Gasteiger partial charge in [-0.3, -0.25) is 10.1 Å². The summed E-state index contributed by atoms with van der Waals surface area (Å²) in [6.45, 7) is 1.19. The highest BCUT2D eigenvalue weighted by Crippen LogP contribution is 2.27. The number of hydrogen-bond donors (Lipinski definition) is 1. The molecule has 0 amide bonds. The van der Waals surface area contributed by atoms with Crippen LogP contribution >= 0.6 is 11.6 Å². The number of rotatable bonds is 4. The molecular weight excluding hydrogens is 254 g/mol. The maximum absolute atomic E-state index is 12.6. The molecule has 0 saturated heterocycles. The van der Waals surface area contributed by atoms with Crippen molar-refractivity contribution < 1.29 is 13.7 Å². The summed E-state index contributed by atoms with van der Waals surface area (Å²) in [5.74, 6) is 0. The first-order chi connectivity index (χ1) is 7.74. The van der Waals surface area contributed by atoms with Crippen LogP contribution in [0.4, 0.5) is 14.5 Å². The van der Waals surface area contributed by atoms with Gasteiger partial charge in [0, 0.05) is 6.07 Å². The van der Waals surface area contributed by atoms with Crippen LogP contribution in [0.5, 0.6) is 0 Å². The zero-order valence-corrected chi connectivity index (χ0v) is 9.75. The van der Waals surface area contributed by atoms with Crippen LogP contribution in [0, 0.1) is 10.1 Å². The van der Waals surface area contributed by atoms with E-state index in [2.05, 4.69) is 0 Å². The zero-order chi connectivity index (χ0) is 13.2. The Labute approximate surface area is 102 Å². The summed E-state index contributed by atoms with van der Waals surface area (Å²) >= 11 is 5.60. The Kier molecular flexibility index (Phi) is 4.00. The zero-order valence-electron chi connectivity index (χ0n) is 8.99. The predicted octanol–water partition coefficient (Wildman–Crippen LogP) is 2.77. The van der Waals surface area contributed by atoms with Crippen LogP contribution in [0.15, 0.2) is 18.2 Å². The van der Waals surface area contributed by atoms with E-state index in [-0.39, 0.29) is 17.1 Å². The number of nitrogens with two attached hydrogens (primary N) is 1. The minimum absolute atomic E-state index is 0.0329. The molecule has 1 unspecified atom stereocenters. The average molecular weight is 265 g/mol. The van der Waals surface area contributed by atoms with Crippen molar-refractivity contribution in [3.63, 3.8) is 0 Å². The summed E-state index contributed by atoms with van der Waals surface area (Å²) < 4.78 is 25.1. The molecule has 4 nitrogen and oxygen atoms in total. The second kappa shape index (κ2) is 4.93. The molecule has 0 aliphatic heterocycles. The van der Waals surface area contributed by atoms with Crippen molar-refractivity contribution in [2.24, 2.45) is 5.73 Å². The van der Waals surface area contributed by atoms with Crippen LogP contribution in [0.25, 0.3) is 0 Å². The third-order valence-corrected chi connectivity index (χ3v) is 2.61. The first kappa shape index (κ1) is 13.8. The van der Waals surface area contributed by atoms with Crippen molar-refractivity contribution in [1.29, 1.82) is 0 Å². The van der Waals surface area contributed by atoms with Gasteiger partial charge < -0.3 is 5.73 Å². The van der Waals surface area contributed by atoms with Gasteiger partial charge in [-0.05, 0) is 25.0 Å². The van der Waals surface area contributed by atoms with Gasteiger partial charge in [-0.25, -0.2) is 8.78 Å². The minimum Gasteiger partial charge on any atom is -0.320 e. The van der Waals surface area contributed by atoms with Crippen LogP contribution in [0.1, 0.15) is 12.5 Å². The molecule has 94 valence electrons. The van der Waals surface area contributed by atoms with Crippen molar-refractivity contribution in [3.8, 4) is 0 Å². The van der Waals surface area contributed by atoms with Crippen LogP contribution in [0.3, 0.4) is 0 Å². The molecular formula is C10H11ClF2N2O2. The van der Waals surface area contributed by atoms with Crippen LogP contribution in [-0.2, 0) is 6.42 Å². The van der Waals surface area contributed by atoms with Gasteiger partial charge >= 0.3 is 0 Å². The van der Waals surface area contributed by atoms with E-state index in [9.17, 15) is 18.9 Å². The van der Waals surface area contributed by atoms with Gasteiger partial charge in [0.25, 0.3) is 12.1 Å².